The van der Waals surface area contributed by atoms with Gasteiger partial charge in [-0.15, -0.1) is 0 Å². The topological polar surface area (TPSA) is 106 Å². The second-order valence-corrected chi connectivity index (χ2v) is 7.84. The summed E-state index contributed by atoms with van der Waals surface area (Å²) in [6, 6.07) is 0. The van der Waals surface area contributed by atoms with E-state index in [0.717, 1.165) is 0 Å². The molecule has 0 aliphatic heterocycles. The van der Waals surface area contributed by atoms with Crippen molar-refractivity contribution < 1.29 is 16.8 Å². The molecule has 0 amide bonds. The van der Waals surface area contributed by atoms with Crippen LogP contribution in [0, 0.1) is 0 Å². The molecule has 0 saturated heterocycles. The van der Waals surface area contributed by atoms with Gasteiger partial charge in [-0.3, -0.25) is 0 Å². The zero-order chi connectivity index (χ0) is 12.7. The molecule has 0 spiro atoms. The molecule has 0 atom stereocenters. The van der Waals surface area contributed by atoms with Crippen LogP contribution in [-0.2, 0) is 19.9 Å². The smallest absolute Gasteiger partial charge is 0.211 e. The minimum atomic E-state index is -3.35. The summed E-state index contributed by atoms with van der Waals surface area (Å²) < 4.78 is 47.1. The number of sulfone groups is 1. The van der Waals surface area contributed by atoms with E-state index in [1.807, 2.05) is 0 Å². The molecule has 0 aliphatic carbocycles. The Labute approximate surface area is 97.6 Å². The van der Waals surface area contributed by atoms with Crippen molar-refractivity contribution in [2.24, 2.45) is 5.73 Å². The summed E-state index contributed by atoms with van der Waals surface area (Å²) in [6.45, 7) is 1.94. The summed E-state index contributed by atoms with van der Waals surface area (Å²) in [7, 11) is -6.47. The van der Waals surface area contributed by atoms with Crippen LogP contribution in [0.15, 0.2) is 0 Å². The van der Waals surface area contributed by atoms with Crippen molar-refractivity contribution >= 4 is 19.9 Å². The molecule has 0 saturated carbocycles. The maximum Gasteiger partial charge on any atom is 0.211 e. The van der Waals surface area contributed by atoms with Crippen molar-refractivity contribution in [1.29, 1.82) is 0 Å². The molecule has 0 rings (SSSR count). The van der Waals surface area contributed by atoms with Crippen LogP contribution < -0.4 is 10.5 Å². The van der Waals surface area contributed by atoms with Crippen molar-refractivity contribution in [2.75, 3.05) is 30.3 Å². The first-order chi connectivity index (χ1) is 7.33. The Morgan fingerprint density at radius 2 is 1.69 bits per heavy atom. The van der Waals surface area contributed by atoms with Crippen molar-refractivity contribution in [1.82, 2.24) is 4.72 Å². The summed E-state index contributed by atoms with van der Waals surface area (Å²) in [5.41, 5.74) is 5.24. The van der Waals surface area contributed by atoms with Gasteiger partial charge in [0.2, 0.25) is 10.0 Å². The third-order valence-corrected chi connectivity index (χ3v) is 5.22. The third-order valence-electron chi connectivity index (χ3n) is 2.04. The molecule has 0 heterocycles. The van der Waals surface area contributed by atoms with E-state index in [2.05, 4.69) is 4.72 Å². The second-order valence-electron chi connectivity index (χ2n) is 3.45. The molecule has 16 heavy (non-hydrogen) atoms. The van der Waals surface area contributed by atoms with Gasteiger partial charge in [0.15, 0.2) is 9.84 Å². The van der Waals surface area contributed by atoms with E-state index >= 15 is 0 Å². The number of sulfonamides is 1. The summed E-state index contributed by atoms with van der Waals surface area (Å²) in [4.78, 5) is 0. The number of unbranched alkanes of at least 4 members (excludes halogenated alkanes) is 1. The van der Waals surface area contributed by atoms with Gasteiger partial charge < -0.3 is 5.73 Å². The first-order valence-corrected chi connectivity index (χ1v) is 8.68. The summed E-state index contributed by atoms with van der Waals surface area (Å²) in [5, 5.41) is 0. The van der Waals surface area contributed by atoms with Gasteiger partial charge in [0, 0.05) is 12.3 Å². The van der Waals surface area contributed by atoms with Crippen LogP contribution >= 0.6 is 0 Å². The van der Waals surface area contributed by atoms with Gasteiger partial charge in [0.05, 0.1) is 11.5 Å². The molecule has 0 aromatic carbocycles. The van der Waals surface area contributed by atoms with Gasteiger partial charge in [0.25, 0.3) is 0 Å². The fourth-order valence-corrected chi connectivity index (χ4v) is 2.98. The monoisotopic (exact) mass is 272 g/mol. The Morgan fingerprint density at radius 1 is 1.06 bits per heavy atom. The van der Waals surface area contributed by atoms with Gasteiger partial charge in [-0.1, -0.05) is 6.92 Å². The lowest BCUT2D eigenvalue weighted by Crippen LogP contribution is -2.31. The quantitative estimate of drug-likeness (QED) is 0.528. The van der Waals surface area contributed by atoms with Crippen LogP contribution in [0.4, 0.5) is 0 Å². The molecule has 3 N–H and O–H groups in total. The highest BCUT2D eigenvalue weighted by molar-refractivity contribution is 7.91. The maximum absolute atomic E-state index is 11.3. The highest BCUT2D eigenvalue weighted by Crippen LogP contribution is 1.94. The molecule has 0 aromatic rings. The molecule has 8 heteroatoms. The van der Waals surface area contributed by atoms with Crippen molar-refractivity contribution in [3.63, 3.8) is 0 Å². The predicted octanol–water partition coefficient (Wildman–Crippen LogP) is -0.921. The molecule has 0 bridgehead atoms. The predicted molar refractivity (Wildman–Crippen MR) is 64.4 cm³/mol. The Morgan fingerprint density at radius 3 is 2.19 bits per heavy atom. The third kappa shape index (κ3) is 8.03. The number of nitrogens with two attached hydrogens (primary N) is 1. The van der Waals surface area contributed by atoms with E-state index in [4.69, 9.17) is 5.73 Å². The average Bonchev–Trinajstić information content (AvgIpc) is 2.17. The van der Waals surface area contributed by atoms with Crippen LogP contribution in [-0.4, -0.2) is 47.2 Å². The molecule has 0 radical (unpaired) electrons. The zero-order valence-corrected chi connectivity index (χ0v) is 11.1. The molecule has 98 valence electrons. The first-order valence-electron chi connectivity index (χ1n) is 5.21. The molecule has 0 aliphatic rings. The van der Waals surface area contributed by atoms with E-state index in [0.29, 0.717) is 19.4 Å². The lowest BCUT2D eigenvalue weighted by molar-refractivity contribution is 0.577. The minimum absolute atomic E-state index is 0.00360. The van der Waals surface area contributed by atoms with Crippen molar-refractivity contribution in [3.8, 4) is 0 Å². The van der Waals surface area contributed by atoms with E-state index in [1.54, 1.807) is 0 Å². The number of nitrogens with one attached hydrogen (secondary N) is 1. The van der Waals surface area contributed by atoms with Gasteiger partial charge in [-0.05, 0) is 19.4 Å². The van der Waals surface area contributed by atoms with Gasteiger partial charge in [-0.25, -0.2) is 21.6 Å². The highest BCUT2D eigenvalue weighted by Gasteiger charge is 2.12. The van der Waals surface area contributed by atoms with E-state index in [-0.39, 0.29) is 23.8 Å². The average molecular weight is 272 g/mol. The normalized spacial score (nSPS) is 12.9. The molecule has 6 nitrogen and oxygen atoms in total. The SMILES string of the molecule is CCS(=O)(=O)CCNS(=O)(=O)CCCCN. The van der Waals surface area contributed by atoms with E-state index < -0.39 is 19.9 Å². The minimum Gasteiger partial charge on any atom is -0.330 e. The Bertz CT molecular complexity index is 375. The molecular formula is C8H20N2O4S2. The van der Waals surface area contributed by atoms with Crippen LogP contribution in [0.25, 0.3) is 0 Å². The number of hydrogen-bond acceptors (Lipinski definition) is 5. The van der Waals surface area contributed by atoms with Gasteiger partial charge in [-0.2, -0.15) is 0 Å². The second kappa shape index (κ2) is 7.21. The van der Waals surface area contributed by atoms with Crippen LogP contribution in [0.3, 0.4) is 0 Å². The standard InChI is InChI=1S/C8H20N2O4S2/c1-2-15(11,12)8-6-10-16(13,14)7-4-3-5-9/h10H,2-9H2,1H3. The summed E-state index contributed by atoms with van der Waals surface area (Å²) >= 11 is 0. The molecular weight excluding hydrogens is 252 g/mol. The number of rotatable bonds is 9. The van der Waals surface area contributed by atoms with Crippen molar-refractivity contribution in [3.05, 3.63) is 0 Å². The van der Waals surface area contributed by atoms with E-state index in [9.17, 15) is 16.8 Å². The van der Waals surface area contributed by atoms with Crippen molar-refractivity contribution in [2.45, 2.75) is 19.8 Å². The first kappa shape index (κ1) is 15.8. The number of hydrogen-bond donors (Lipinski definition) is 2. The maximum atomic E-state index is 11.3. The van der Waals surface area contributed by atoms with Gasteiger partial charge in [0.1, 0.15) is 0 Å². The van der Waals surface area contributed by atoms with Gasteiger partial charge >= 0.3 is 0 Å². The lowest BCUT2D eigenvalue weighted by atomic mass is 10.3. The van der Waals surface area contributed by atoms with Crippen LogP contribution in [0.1, 0.15) is 19.8 Å². The molecule has 0 unspecified atom stereocenters. The Kier molecular flexibility index (Phi) is 7.12. The highest BCUT2D eigenvalue weighted by atomic mass is 32.2. The Hall–Kier alpha value is -0.180. The largest absolute Gasteiger partial charge is 0.330 e. The molecule has 0 aromatic heterocycles. The zero-order valence-electron chi connectivity index (χ0n) is 9.48. The van der Waals surface area contributed by atoms with Crippen LogP contribution in [0.2, 0.25) is 0 Å². The lowest BCUT2D eigenvalue weighted by Gasteiger charge is -2.06. The molecule has 0 fully saturated rings. The van der Waals surface area contributed by atoms with E-state index in [1.165, 1.54) is 6.92 Å². The summed E-state index contributed by atoms with van der Waals surface area (Å²) in [5.74, 6) is -0.127. The van der Waals surface area contributed by atoms with Crippen LogP contribution in [0.5, 0.6) is 0 Å². The summed E-state index contributed by atoms with van der Waals surface area (Å²) in [6.07, 6.45) is 1.14. The Balaban J connectivity index is 3.92. The fourth-order valence-electron chi connectivity index (χ4n) is 1.01. The fraction of sp³-hybridized carbons (Fsp3) is 1.00.